The number of hydrogen-bond acceptors (Lipinski definition) is 3. The molecule has 2 aliphatic heterocycles. The highest BCUT2D eigenvalue weighted by atomic mass is 32.2. The van der Waals surface area contributed by atoms with Gasteiger partial charge in [-0.1, -0.05) is 31.0 Å². The van der Waals surface area contributed by atoms with Gasteiger partial charge in [-0.05, 0) is 50.1 Å². The zero-order valence-electron chi connectivity index (χ0n) is 11.9. The van der Waals surface area contributed by atoms with E-state index in [4.69, 9.17) is 0 Å². The average molecular weight is 291 g/mol. The molecule has 0 atom stereocenters. The Balaban J connectivity index is 1.87. The molecule has 20 heavy (non-hydrogen) atoms. The molecule has 1 fully saturated rings. The number of sulfone groups is 1. The van der Waals surface area contributed by atoms with E-state index >= 15 is 0 Å². The van der Waals surface area contributed by atoms with Crippen LogP contribution in [0.4, 0.5) is 0 Å². The molecule has 1 aromatic carbocycles. The second-order valence-corrected chi connectivity index (χ2v) is 7.74. The Morgan fingerprint density at radius 3 is 2.45 bits per heavy atom. The second kappa shape index (κ2) is 5.34. The first-order chi connectivity index (χ1) is 9.59. The van der Waals surface area contributed by atoms with Crippen LogP contribution in [0, 0.1) is 6.92 Å². The molecule has 4 heteroatoms. The van der Waals surface area contributed by atoms with Gasteiger partial charge in [0.2, 0.25) is 9.84 Å². The van der Waals surface area contributed by atoms with Crippen molar-refractivity contribution in [1.82, 2.24) is 4.90 Å². The number of rotatable bonds is 2. The van der Waals surface area contributed by atoms with Crippen molar-refractivity contribution in [1.29, 1.82) is 0 Å². The molecule has 0 bridgehead atoms. The Morgan fingerprint density at radius 2 is 1.80 bits per heavy atom. The van der Waals surface area contributed by atoms with E-state index in [2.05, 4.69) is 4.90 Å². The third kappa shape index (κ3) is 2.42. The van der Waals surface area contributed by atoms with Gasteiger partial charge in [0.25, 0.3) is 0 Å². The molecule has 0 spiro atoms. The number of fused-ring (bicyclic) bond motifs is 1. The number of hydrogen-bond donors (Lipinski definition) is 0. The monoisotopic (exact) mass is 291 g/mol. The van der Waals surface area contributed by atoms with Crippen LogP contribution in [-0.2, 0) is 9.84 Å². The minimum Gasteiger partial charge on any atom is -0.298 e. The fourth-order valence-electron chi connectivity index (χ4n) is 3.18. The molecule has 108 valence electrons. The molecule has 1 aromatic rings. The van der Waals surface area contributed by atoms with Crippen molar-refractivity contribution in [3.63, 3.8) is 0 Å². The maximum absolute atomic E-state index is 12.7. The van der Waals surface area contributed by atoms with Crippen LogP contribution in [0.25, 0.3) is 6.08 Å². The van der Waals surface area contributed by atoms with E-state index in [1.807, 2.05) is 31.2 Å². The molecule has 3 rings (SSSR count). The van der Waals surface area contributed by atoms with Gasteiger partial charge in [0.15, 0.2) is 0 Å². The predicted molar refractivity (Wildman–Crippen MR) is 81.2 cm³/mol. The van der Waals surface area contributed by atoms with Crippen molar-refractivity contribution < 1.29 is 8.42 Å². The predicted octanol–water partition coefficient (Wildman–Crippen LogP) is 3.00. The lowest BCUT2D eigenvalue weighted by Gasteiger charge is -2.20. The first-order valence-electron chi connectivity index (χ1n) is 7.37. The summed E-state index contributed by atoms with van der Waals surface area (Å²) in [5, 5.41) is 0. The van der Waals surface area contributed by atoms with Crippen LogP contribution in [0.3, 0.4) is 0 Å². The molecule has 3 nitrogen and oxygen atoms in total. The highest BCUT2D eigenvalue weighted by Crippen LogP contribution is 2.35. The van der Waals surface area contributed by atoms with Crippen molar-refractivity contribution in [3.05, 3.63) is 34.2 Å². The van der Waals surface area contributed by atoms with Crippen LogP contribution in [-0.4, -0.2) is 33.0 Å². The summed E-state index contributed by atoms with van der Waals surface area (Å²) >= 11 is 0. The SMILES string of the molecule is Cc1cccc2c1S(=O)(=O)C(CN1CCCCCC1)=C2. The molecule has 0 aliphatic carbocycles. The first kappa shape index (κ1) is 13.8. The quantitative estimate of drug-likeness (QED) is 0.840. The lowest BCUT2D eigenvalue weighted by atomic mass is 10.1. The minimum atomic E-state index is -3.27. The summed E-state index contributed by atoms with van der Waals surface area (Å²) in [6, 6.07) is 5.70. The molecular weight excluding hydrogens is 270 g/mol. The maximum Gasteiger partial charge on any atom is 0.204 e. The number of aryl methyl sites for hydroxylation is 1. The standard InChI is InChI=1S/C16H21NO2S/c1-13-7-6-8-14-11-15(20(18,19)16(13)14)12-17-9-4-2-3-5-10-17/h6-8,11H,2-5,9-10,12H2,1H3. The normalized spacial score (nSPS) is 22.1. The van der Waals surface area contributed by atoms with Gasteiger partial charge in [-0.2, -0.15) is 0 Å². The Labute approximate surface area is 121 Å². The van der Waals surface area contributed by atoms with Crippen LogP contribution in [0.15, 0.2) is 28.0 Å². The van der Waals surface area contributed by atoms with Crippen LogP contribution in [0.2, 0.25) is 0 Å². The summed E-state index contributed by atoms with van der Waals surface area (Å²) in [6.45, 7) is 4.47. The van der Waals surface area contributed by atoms with Crippen molar-refractivity contribution in [3.8, 4) is 0 Å². The molecule has 0 unspecified atom stereocenters. The summed E-state index contributed by atoms with van der Waals surface area (Å²) in [5.41, 5.74) is 1.71. The Hall–Kier alpha value is -1.13. The van der Waals surface area contributed by atoms with Gasteiger partial charge >= 0.3 is 0 Å². The fourth-order valence-corrected chi connectivity index (χ4v) is 5.01. The van der Waals surface area contributed by atoms with Gasteiger partial charge in [-0.25, -0.2) is 8.42 Å². The van der Waals surface area contributed by atoms with Crippen LogP contribution in [0.1, 0.15) is 36.8 Å². The largest absolute Gasteiger partial charge is 0.298 e. The highest BCUT2D eigenvalue weighted by Gasteiger charge is 2.31. The summed E-state index contributed by atoms with van der Waals surface area (Å²) in [5.74, 6) is 0. The van der Waals surface area contributed by atoms with Gasteiger partial charge < -0.3 is 0 Å². The van der Waals surface area contributed by atoms with Crippen molar-refractivity contribution in [2.45, 2.75) is 37.5 Å². The molecule has 1 saturated heterocycles. The number of benzene rings is 1. The van der Waals surface area contributed by atoms with Crippen molar-refractivity contribution in [2.75, 3.05) is 19.6 Å². The third-order valence-electron chi connectivity index (χ3n) is 4.25. The molecular formula is C16H21NO2S. The van der Waals surface area contributed by atoms with Crippen LogP contribution >= 0.6 is 0 Å². The Kier molecular flexibility index (Phi) is 3.69. The maximum atomic E-state index is 12.7. The fraction of sp³-hybridized carbons (Fsp3) is 0.500. The first-order valence-corrected chi connectivity index (χ1v) is 8.85. The Bertz CT molecular complexity index is 638. The van der Waals surface area contributed by atoms with E-state index in [-0.39, 0.29) is 0 Å². The molecule has 2 heterocycles. The summed E-state index contributed by atoms with van der Waals surface area (Å²) in [7, 11) is -3.27. The molecule has 0 radical (unpaired) electrons. The van der Waals surface area contributed by atoms with E-state index in [0.29, 0.717) is 16.3 Å². The van der Waals surface area contributed by atoms with E-state index < -0.39 is 9.84 Å². The lowest BCUT2D eigenvalue weighted by molar-refractivity contribution is 0.313. The molecule has 0 N–H and O–H groups in total. The van der Waals surface area contributed by atoms with E-state index in [1.54, 1.807) is 0 Å². The zero-order chi connectivity index (χ0) is 14.2. The van der Waals surface area contributed by atoms with Gasteiger partial charge in [0, 0.05) is 6.54 Å². The van der Waals surface area contributed by atoms with E-state index in [0.717, 1.165) is 24.2 Å². The summed E-state index contributed by atoms with van der Waals surface area (Å²) < 4.78 is 25.3. The molecule has 2 aliphatic rings. The number of nitrogens with zero attached hydrogens (tertiary/aromatic N) is 1. The topological polar surface area (TPSA) is 37.4 Å². The smallest absolute Gasteiger partial charge is 0.204 e. The van der Waals surface area contributed by atoms with Crippen LogP contribution < -0.4 is 0 Å². The second-order valence-electron chi connectivity index (χ2n) is 5.80. The number of likely N-dealkylation sites (tertiary alicyclic amines) is 1. The van der Waals surface area contributed by atoms with Gasteiger partial charge in [0.05, 0.1) is 9.80 Å². The minimum absolute atomic E-state index is 0.518. The van der Waals surface area contributed by atoms with Crippen molar-refractivity contribution in [2.24, 2.45) is 0 Å². The van der Waals surface area contributed by atoms with E-state index in [9.17, 15) is 8.42 Å². The molecule has 0 amide bonds. The van der Waals surface area contributed by atoms with Crippen molar-refractivity contribution >= 4 is 15.9 Å². The lowest BCUT2D eigenvalue weighted by Crippen LogP contribution is -2.28. The zero-order valence-corrected chi connectivity index (χ0v) is 12.7. The summed E-state index contributed by atoms with van der Waals surface area (Å²) in [4.78, 5) is 3.38. The van der Waals surface area contributed by atoms with Gasteiger partial charge in [0.1, 0.15) is 0 Å². The Morgan fingerprint density at radius 1 is 1.10 bits per heavy atom. The van der Waals surface area contributed by atoms with Crippen LogP contribution in [0.5, 0.6) is 0 Å². The average Bonchev–Trinajstić information content (AvgIpc) is 2.58. The van der Waals surface area contributed by atoms with E-state index in [1.165, 1.54) is 25.7 Å². The third-order valence-corrected chi connectivity index (χ3v) is 6.28. The molecule has 0 saturated carbocycles. The van der Waals surface area contributed by atoms with Gasteiger partial charge in [-0.3, -0.25) is 4.90 Å². The highest BCUT2D eigenvalue weighted by molar-refractivity contribution is 7.96. The summed E-state index contributed by atoms with van der Waals surface area (Å²) in [6.07, 6.45) is 6.75. The van der Waals surface area contributed by atoms with Gasteiger partial charge in [-0.15, -0.1) is 0 Å². The molecule has 0 aromatic heterocycles.